The Balaban J connectivity index is 1.64. The average Bonchev–Trinajstić information content (AvgIpc) is 2.99. The Hall–Kier alpha value is -1.77. The van der Waals surface area contributed by atoms with E-state index in [9.17, 15) is 4.79 Å². The molecule has 0 N–H and O–H groups in total. The lowest BCUT2D eigenvalue weighted by molar-refractivity contribution is 0.372. The van der Waals surface area contributed by atoms with Gasteiger partial charge in [-0.15, -0.1) is 0 Å². The Morgan fingerprint density at radius 3 is 2.95 bits per heavy atom. The van der Waals surface area contributed by atoms with Crippen molar-refractivity contribution >= 4 is 0 Å². The molecule has 0 spiro atoms. The van der Waals surface area contributed by atoms with E-state index < -0.39 is 5.82 Å². The number of hydrogen-bond acceptors (Lipinski definition) is 3. The van der Waals surface area contributed by atoms with Crippen LogP contribution in [0.2, 0.25) is 0 Å². The van der Waals surface area contributed by atoms with Crippen LogP contribution >= 0.6 is 0 Å². The lowest BCUT2D eigenvalue weighted by Crippen LogP contribution is -2.17. The van der Waals surface area contributed by atoms with Gasteiger partial charge in [0.2, 0.25) is 0 Å². The summed E-state index contributed by atoms with van der Waals surface area (Å²) in [5, 5.41) is 0. The number of rotatable bonds is 1. The van der Waals surface area contributed by atoms with E-state index in [1.165, 1.54) is 11.1 Å². The molecule has 2 unspecified atom stereocenters. The van der Waals surface area contributed by atoms with E-state index >= 15 is 0 Å². The molecule has 96 valence electrons. The molecule has 3 heteroatoms. The quantitative estimate of drug-likeness (QED) is 0.785. The van der Waals surface area contributed by atoms with Gasteiger partial charge in [0.15, 0.2) is 11.5 Å². The minimum atomic E-state index is -0.607. The van der Waals surface area contributed by atoms with Gasteiger partial charge in [0.05, 0.1) is 6.42 Å². The molecule has 0 aliphatic heterocycles. The fourth-order valence-corrected chi connectivity index (χ4v) is 3.42. The maximum atomic E-state index is 11.1. The van der Waals surface area contributed by atoms with Crippen molar-refractivity contribution in [2.75, 3.05) is 0 Å². The topological polar surface area (TPSA) is 43.4 Å². The monoisotopic (exact) mass is 254 g/mol. The van der Waals surface area contributed by atoms with Crippen LogP contribution in [0.1, 0.15) is 41.4 Å². The van der Waals surface area contributed by atoms with Crippen LogP contribution in [0.4, 0.5) is 0 Å². The maximum Gasteiger partial charge on any atom is 0.519 e. The van der Waals surface area contributed by atoms with E-state index in [4.69, 9.17) is 8.83 Å². The Bertz CT molecular complexity index is 665. The van der Waals surface area contributed by atoms with Gasteiger partial charge >= 0.3 is 5.82 Å². The van der Waals surface area contributed by atoms with Crippen molar-refractivity contribution < 1.29 is 8.83 Å². The summed E-state index contributed by atoms with van der Waals surface area (Å²) in [5.41, 5.74) is 2.89. The van der Waals surface area contributed by atoms with Gasteiger partial charge in [-0.3, -0.25) is 0 Å². The van der Waals surface area contributed by atoms with E-state index in [2.05, 4.69) is 30.7 Å². The predicted octanol–water partition coefficient (Wildman–Crippen LogP) is 2.95. The first-order valence-corrected chi connectivity index (χ1v) is 6.78. The zero-order valence-corrected chi connectivity index (χ0v) is 10.5. The summed E-state index contributed by atoms with van der Waals surface area (Å²) in [5.74, 6) is 1.42. The minimum Gasteiger partial charge on any atom is -0.396 e. The summed E-state index contributed by atoms with van der Waals surface area (Å²) in [4.78, 5) is 11.1. The third kappa shape index (κ3) is 1.76. The van der Waals surface area contributed by atoms with Crippen LogP contribution in [-0.4, -0.2) is 0 Å². The fourth-order valence-electron chi connectivity index (χ4n) is 3.42. The molecule has 0 saturated carbocycles. The molecule has 2 aromatic rings. The lowest BCUT2D eigenvalue weighted by Gasteiger charge is -2.25. The average molecular weight is 254 g/mol. The first-order valence-electron chi connectivity index (χ1n) is 6.78. The number of aryl methyl sites for hydroxylation is 2. The van der Waals surface area contributed by atoms with Crippen LogP contribution in [0.5, 0.6) is 0 Å². The highest BCUT2D eigenvalue weighted by molar-refractivity contribution is 5.37. The van der Waals surface area contributed by atoms with Gasteiger partial charge in [-0.05, 0) is 42.2 Å². The zero-order valence-electron chi connectivity index (χ0n) is 10.5. The number of benzene rings is 1. The second-order valence-electron chi connectivity index (χ2n) is 5.34. The van der Waals surface area contributed by atoms with Crippen molar-refractivity contribution in [2.24, 2.45) is 5.92 Å². The molecule has 4 rings (SSSR count). The first kappa shape index (κ1) is 11.1. The van der Waals surface area contributed by atoms with Crippen molar-refractivity contribution in [2.45, 2.75) is 31.6 Å². The zero-order chi connectivity index (χ0) is 12.8. The lowest BCUT2D eigenvalue weighted by atomic mass is 9.78. The van der Waals surface area contributed by atoms with Crippen LogP contribution in [0.15, 0.2) is 37.9 Å². The molecule has 0 fully saturated rings. The minimum absolute atomic E-state index is 0.330. The first-order chi connectivity index (χ1) is 9.31. The molecule has 1 aromatic carbocycles. The second-order valence-corrected chi connectivity index (χ2v) is 5.34. The molecule has 19 heavy (non-hydrogen) atoms. The molecule has 2 atom stereocenters. The molecule has 1 heterocycles. The molecule has 0 saturated heterocycles. The normalized spacial score (nSPS) is 25.1. The number of fused-ring (bicyclic) bond motifs is 2. The van der Waals surface area contributed by atoms with Gasteiger partial charge in [0.25, 0.3) is 0 Å². The van der Waals surface area contributed by atoms with Gasteiger partial charge in [-0.1, -0.05) is 24.3 Å². The highest BCUT2D eigenvalue weighted by Gasteiger charge is 2.34. The largest absolute Gasteiger partial charge is 0.519 e. The van der Waals surface area contributed by atoms with Crippen LogP contribution in [-0.2, 0) is 12.8 Å². The van der Waals surface area contributed by atoms with Gasteiger partial charge in [0.1, 0.15) is 0 Å². The van der Waals surface area contributed by atoms with Crippen molar-refractivity contribution in [3.8, 4) is 0 Å². The van der Waals surface area contributed by atoms with Crippen LogP contribution in [0, 0.1) is 12.3 Å². The molecule has 0 amide bonds. The van der Waals surface area contributed by atoms with Crippen molar-refractivity contribution in [1.29, 1.82) is 0 Å². The molecular weight excluding hydrogens is 240 g/mol. The second kappa shape index (κ2) is 4.12. The molecule has 2 aliphatic rings. The van der Waals surface area contributed by atoms with Crippen molar-refractivity contribution in [1.82, 2.24) is 0 Å². The van der Waals surface area contributed by atoms with Gasteiger partial charge in [0, 0.05) is 6.42 Å². The Morgan fingerprint density at radius 1 is 1.11 bits per heavy atom. The predicted molar refractivity (Wildman–Crippen MR) is 68.9 cm³/mol. The summed E-state index contributed by atoms with van der Waals surface area (Å²) >= 11 is 0. The highest BCUT2D eigenvalue weighted by atomic mass is 16.6. The fraction of sp³-hybridized carbons (Fsp3) is 0.375. The summed E-state index contributed by atoms with van der Waals surface area (Å²) < 4.78 is 10.1. The Morgan fingerprint density at radius 2 is 2.00 bits per heavy atom. The summed E-state index contributed by atoms with van der Waals surface area (Å²) in [6.07, 6.45) is 7.40. The molecule has 2 radical (unpaired) electrons. The Labute approximate surface area is 111 Å². The van der Waals surface area contributed by atoms with Gasteiger partial charge in [-0.25, -0.2) is 4.79 Å². The van der Waals surface area contributed by atoms with Gasteiger partial charge in [-0.2, -0.15) is 0 Å². The smallest absolute Gasteiger partial charge is 0.396 e. The van der Waals surface area contributed by atoms with E-state index in [0.29, 0.717) is 23.4 Å². The van der Waals surface area contributed by atoms with Crippen LogP contribution in [0.3, 0.4) is 0 Å². The van der Waals surface area contributed by atoms with E-state index in [-0.39, 0.29) is 0 Å². The van der Waals surface area contributed by atoms with E-state index in [0.717, 1.165) is 25.7 Å². The third-order valence-corrected chi connectivity index (χ3v) is 4.31. The summed E-state index contributed by atoms with van der Waals surface area (Å²) in [6, 6.07) is 8.63. The standard InChI is InChI=1S/C16H14O3/c17-16-18-14-8-6-11(9-15(14)19-16)13-7-5-10-3-1-2-4-12(10)13/h1-4,11,13H,5-8H2. The SMILES string of the molecule is O=c1oc2c(o1)CCC(C1CCc3ccccc31)[C]2. The Kier molecular flexibility index (Phi) is 2.40. The molecule has 1 aromatic heterocycles. The third-order valence-electron chi connectivity index (χ3n) is 4.31. The number of hydrogen-bond donors (Lipinski definition) is 0. The summed E-state index contributed by atoms with van der Waals surface area (Å²) in [7, 11) is 0. The molecule has 0 bridgehead atoms. The molecular formula is C16H14O3. The van der Waals surface area contributed by atoms with E-state index in [1.807, 2.05) is 0 Å². The molecule has 3 nitrogen and oxygen atoms in total. The van der Waals surface area contributed by atoms with Crippen LogP contribution < -0.4 is 5.82 Å². The van der Waals surface area contributed by atoms with Crippen molar-refractivity contribution in [3.05, 3.63) is 64.0 Å². The molecule has 2 aliphatic carbocycles. The van der Waals surface area contributed by atoms with Crippen LogP contribution in [0.25, 0.3) is 0 Å². The maximum absolute atomic E-state index is 11.1. The van der Waals surface area contributed by atoms with Gasteiger partial charge < -0.3 is 8.83 Å². The van der Waals surface area contributed by atoms with E-state index in [1.54, 1.807) is 0 Å². The van der Waals surface area contributed by atoms with Crippen molar-refractivity contribution in [3.63, 3.8) is 0 Å². The summed E-state index contributed by atoms with van der Waals surface area (Å²) in [6.45, 7) is 0. The highest BCUT2D eigenvalue weighted by Crippen LogP contribution is 2.44.